The molecule has 0 spiro atoms. The Kier molecular flexibility index (Phi) is 4.52. The minimum Gasteiger partial charge on any atom is -0.383 e. The summed E-state index contributed by atoms with van der Waals surface area (Å²) in [4.78, 5) is 16.6. The van der Waals surface area contributed by atoms with Gasteiger partial charge < -0.3 is 19.9 Å². The molecule has 3 rings (SSSR count). The van der Waals surface area contributed by atoms with Gasteiger partial charge in [0.15, 0.2) is 0 Å². The lowest BCUT2D eigenvalue weighted by atomic mass is 10.2. The van der Waals surface area contributed by atoms with Crippen molar-refractivity contribution in [1.29, 1.82) is 0 Å². The van der Waals surface area contributed by atoms with E-state index in [1.807, 2.05) is 24.3 Å². The Hall–Kier alpha value is -1.76. The second-order valence-corrected chi connectivity index (χ2v) is 6.20. The second-order valence-electron chi connectivity index (χ2n) is 6.20. The highest BCUT2D eigenvalue weighted by Gasteiger charge is 2.33. The number of nitrogens with zero attached hydrogens (tertiary/aromatic N) is 4. The van der Waals surface area contributed by atoms with Gasteiger partial charge >= 0.3 is 6.03 Å². The standard InChI is InChI=1S/C15H25N5O2/c1-18-10-13(9-16-18)19-5-7-20(8-6-19)15(21)17-14(11-22-2)12-3-4-12/h9-10,12,14H,3-8,11H2,1-2H3,(H,17,21)/t14-/m1/s1. The summed E-state index contributed by atoms with van der Waals surface area (Å²) in [5, 5.41) is 7.34. The number of piperazine rings is 1. The Morgan fingerprint density at radius 2 is 2.14 bits per heavy atom. The molecule has 2 aliphatic rings. The summed E-state index contributed by atoms with van der Waals surface area (Å²) in [6.45, 7) is 3.78. The van der Waals surface area contributed by atoms with E-state index in [1.54, 1.807) is 11.8 Å². The van der Waals surface area contributed by atoms with Gasteiger partial charge in [-0.05, 0) is 18.8 Å². The van der Waals surface area contributed by atoms with E-state index >= 15 is 0 Å². The molecule has 7 nitrogen and oxygen atoms in total. The first-order valence-electron chi connectivity index (χ1n) is 7.95. The number of carbonyl (C=O) groups is 1. The van der Waals surface area contributed by atoms with Crippen LogP contribution in [0.5, 0.6) is 0 Å². The molecular weight excluding hydrogens is 282 g/mol. The van der Waals surface area contributed by atoms with Crippen molar-refractivity contribution in [1.82, 2.24) is 20.0 Å². The molecule has 2 amide bonds. The van der Waals surface area contributed by atoms with Crippen LogP contribution in [0.15, 0.2) is 12.4 Å². The van der Waals surface area contributed by atoms with Crippen LogP contribution in [0.4, 0.5) is 10.5 Å². The van der Waals surface area contributed by atoms with Crippen molar-refractivity contribution >= 4 is 11.7 Å². The van der Waals surface area contributed by atoms with Gasteiger partial charge in [-0.1, -0.05) is 0 Å². The lowest BCUT2D eigenvalue weighted by molar-refractivity contribution is 0.146. The molecule has 1 aromatic heterocycles. The van der Waals surface area contributed by atoms with E-state index in [0.717, 1.165) is 31.9 Å². The van der Waals surface area contributed by atoms with E-state index in [2.05, 4.69) is 15.3 Å². The summed E-state index contributed by atoms with van der Waals surface area (Å²) < 4.78 is 7.02. The molecule has 2 fully saturated rings. The number of hydrogen-bond donors (Lipinski definition) is 1. The van der Waals surface area contributed by atoms with Crippen molar-refractivity contribution in [2.75, 3.05) is 44.8 Å². The fourth-order valence-corrected chi connectivity index (χ4v) is 2.96. The van der Waals surface area contributed by atoms with E-state index < -0.39 is 0 Å². The molecule has 1 aliphatic heterocycles. The number of methoxy groups -OCH3 is 1. The van der Waals surface area contributed by atoms with Crippen LogP contribution in [0.1, 0.15) is 12.8 Å². The number of aryl methyl sites for hydroxylation is 1. The minimum atomic E-state index is 0.0415. The van der Waals surface area contributed by atoms with Crippen molar-refractivity contribution < 1.29 is 9.53 Å². The highest BCUT2D eigenvalue weighted by atomic mass is 16.5. The second kappa shape index (κ2) is 6.56. The highest BCUT2D eigenvalue weighted by Crippen LogP contribution is 2.32. The molecule has 1 atom stereocenters. The fraction of sp³-hybridized carbons (Fsp3) is 0.733. The molecular formula is C15H25N5O2. The maximum Gasteiger partial charge on any atom is 0.317 e. The van der Waals surface area contributed by atoms with E-state index in [4.69, 9.17) is 4.74 Å². The summed E-state index contributed by atoms with van der Waals surface area (Å²) in [5.74, 6) is 0.598. The molecule has 1 saturated heterocycles. The SMILES string of the molecule is COC[C@@H](NC(=O)N1CCN(c2cnn(C)c2)CC1)C1CC1. The van der Waals surface area contributed by atoms with Crippen molar-refractivity contribution in [2.24, 2.45) is 13.0 Å². The zero-order chi connectivity index (χ0) is 15.5. The molecule has 0 aromatic carbocycles. The Morgan fingerprint density at radius 3 is 2.68 bits per heavy atom. The number of urea groups is 1. The van der Waals surface area contributed by atoms with Gasteiger partial charge in [0.05, 0.1) is 24.5 Å². The number of hydrogen-bond acceptors (Lipinski definition) is 4. The number of carbonyl (C=O) groups excluding carboxylic acids is 1. The Labute approximate surface area is 131 Å². The van der Waals surface area contributed by atoms with Crippen LogP contribution >= 0.6 is 0 Å². The van der Waals surface area contributed by atoms with Crippen molar-refractivity contribution in [3.8, 4) is 0 Å². The number of ether oxygens (including phenoxy) is 1. The molecule has 0 bridgehead atoms. The normalized spacial score (nSPS) is 20.1. The van der Waals surface area contributed by atoms with Gasteiger partial charge in [-0.3, -0.25) is 4.68 Å². The lowest BCUT2D eigenvalue weighted by Crippen LogP contribution is -2.54. The molecule has 1 N–H and O–H groups in total. The molecule has 1 aliphatic carbocycles. The highest BCUT2D eigenvalue weighted by molar-refractivity contribution is 5.75. The Balaban J connectivity index is 1.49. The molecule has 0 unspecified atom stereocenters. The first-order valence-corrected chi connectivity index (χ1v) is 7.95. The van der Waals surface area contributed by atoms with Crippen LogP contribution in [-0.4, -0.2) is 66.6 Å². The van der Waals surface area contributed by atoms with E-state index in [0.29, 0.717) is 12.5 Å². The third kappa shape index (κ3) is 3.52. The molecule has 22 heavy (non-hydrogen) atoms. The van der Waals surface area contributed by atoms with Crippen LogP contribution in [0, 0.1) is 5.92 Å². The average Bonchev–Trinajstić information content (AvgIpc) is 3.28. The average molecular weight is 307 g/mol. The fourth-order valence-electron chi connectivity index (χ4n) is 2.96. The zero-order valence-corrected chi connectivity index (χ0v) is 13.4. The summed E-state index contributed by atoms with van der Waals surface area (Å²) >= 11 is 0. The van der Waals surface area contributed by atoms with Crippen molar-refractivity contribution in [2.45, 2.75) is 18.9 Å². The van der Waals surface area contributed by atoms with E-state index in [9.17, 15) is 4.79 Å². The van der Waals surface area contributed by atoms with Gasteiger partial charge in [-0.25, -0.2) is 4.79 Å². The van der Waals surface area contributed by atoms with E-state index in [1.165, 1.54) is 12.8 Å². The van der Waals surface area contributed by atoms with Crippen molar-refractivity contribution in [3.63, 3.8) is 0 Å². The van der Waals surface area contributed by atoms with Gasteiger partial charge in [-0.15, -0.1) is 0 Å². The largest absolute Gasteiger partial charge is 0.383 e. The summed E-state index contributed by atoms with van der Waals surface area (Å²) in [5.41, 5.74) is 1.12. The Morgan fingerprint density at radius 1 is 1.41 bits per heavy atom. The van der Waals surface area contributed by atoms with Crippen LogP contribution in [0.25, 0.3) is 0 Å². The van der Waals surface area contributed by atoms with Gasteiger partial charge in [0.1, 0.15) is 0 Å². The van der Waals surface area contributed by atoms with Gasteiger partial charge in [0, 0.05) is 46.5 Å². The molecule has 122 valence electrons. The van der Waals surface area contributed by atoms with Crippen LogP contribution in [0.2, 0.25) is 0 Å². The lowest BCUT2D eigenvalue weighted by Gasteiger charge is -2.36. The third-order valence-corrected chi connectivity index (χ3v) is 4.47. The zero-order valence-electron chi connectivity index (χ0n) is 13.4. The predicted molar refractivity (Wildman–Crippen MR) is 83.9 cm³/mol. The maximum absolute atomic E-state index is 12.4. The smallest absolute Gasteiger partial charge is 0.317 e. The molecule has 1 aromatic rings. The van der Waals surface area contributed by atoms with Gasteiger partial charge in [-0.2, -0.15) is 5.10 Å². The van der Waals surface area contributed by atoms with Crippen molar-refractivity contribution in [3.05, 3.63) is 12.4 Å². The van der Waals surface area contributed by atoms with Crippen LogP contribution < -0.4 is 10.2 Å². The summed E-state index contributed by atoms with van der Waals surface area (Å²) in [6, 6.07) is 0.202. The number of nitrogens with one attached hydrogen (secondary N) is 1. The summed E-state index contributed by atoms with van der Waals surface area (Å²) in [6.07, 6.45) is 6.28. The topological polar surface area (TPSA) is 62.6 Å². The molecule has 2 heterocycles. The number of anilines is 1. The van der Waals surface area contributed by atoms with Crippen LogP contribution in [-0.2, 0) is 11.8 Å². The molecule has 0 radical (unpaired) electrons. The quantitative estimate of drug-likeness (QED) is 0.869. The summed E-state index contributed by atoms with van der Waals surface area (Å²) in [7, 11) is 3.61. The monoisotopic (exact) mass is 307 g/mol. The first-order chi connectivity index (χ1) is 10.7. The number of amides is 2. The first kappa shape index (κ1) is 15.1. The van der Waals surface area contributed by atoms with Gasteiger partial charge in [0.2, 0.25) is 0 Å². The maximum atomic E-state index is 12.4. The van der Waals surface area contributed by atoms with Gasteiger partial charge in [0.25, 0.3) is 0 Å². The number of aromatic nitrogens is 2. The van der Waals surface area contributed by atoms with E-state index in [-0.39, 0.29) is 12.1 Å². The third-order valence-electron chi connectivity index (χ3n) is 4.47. The predicted octanol–water partition coefficient (Wildman–Crippen LogP) is 0.677. The number of rotatable bonds is 5. The van der Waals surface area contributed by atoms with Crippen LogP contribution in [0.3, 0.4) is 0 Å². The Bertz CT molecular complexity index is 506. The minimum absolute atomic E-state index is 0.0415. The molecule has 1 saturated carbocycles. The molecule has 7 heteroatoms.